The average molecular weight is 343 g/mol. The summed E-state index contributed by atoms with van der Waals surface area (Å²) >= 11 is 0. The maximum absolute atomic E-state index is 12.3. The smallest absolute Gasteiger partial charge is 0.236 e. The third-order valence-electron chi connectivity index (χ3n) is 4.46. The Morgan fingerprint density at radius 1 is 1.44 bits per heavy atom. The molecule has 0 radical (unpaired) electrons. The highest BCUT2D eigenvalue weighted by molar-refractivity contribution is 5.77. The zero-order chi connectivity index (χ0) is 17.6. The van der Waals surface area contributed by atoms with Crippen molar-refractivity contribution < 1.29 is 9.21 Å². The molecule has 3 heterocycles. The fraction of sp³-hybridized carbons (Fsp3) is 0.500. The molecule has 0 spiro atoms. The second kappa shape index (κ2) is 8.11. The van der Waals surface area contributed by atoms with E-state index in [0.717, 1.165) is 43.3 Å². The van der Waals surface area contributed by atoms with E-state index >= 15 is 0 Å². The lowest BCUT2D eigenvalue weighted by Gasteiger charge is -2.33. The molecule has 2 aromatic rings. The number of anilines is 1. The van der Waals surface area contributed by atoms with E-state index in [4.69, 9.17) is 4.42 Å². The molecular weight excluding hydrogens is 318 g/mol. The lowest BCUT2D eigenvalue weighted by molar-refractivity contribution is -0.129. The second-order valence-corrected chi connectivity index (χ2v) is 6.51. The maximum atomic E-state index is 12.3. The predicted octanol–water partition coefficient (Wildman–Crippen LogP) is 1.60. The molecule has 1 fully saturated rings. The van der Waals surface area contributed by atoms with Gasteiger partial charge in [-0.2, -0.15) is 5.10 Å². The molecule has 1 atom stereocenters. The highest BCUT2D eigenvalue weighted by Crippen LogP contribution is 2.16. The van der Waals surface area contributed by atoms with Crippen LogP contribution < -0.4 is 10.2 Å². The summed E-state index contributed by atoms with van der Waals surface area (Å²) in [5.74, 6) is 2.62. The van der Waals surface area contributed by atoms with Gasteiger partial charge in [-0.05, 0) is 44.0 Å². The molecule has 1 amide bonds. The molecule has 1 N–H and O–H groups in total. The third kappa shape index (κ3) is 4.79. The van der Waals surface area contributed by atoms with Gasteiger partial charge in [-0.25, -0.2) is 0 Å². The first-order valence-electron chi connectivity index (χ1n) is 8.67. The standard InChI is InChI=1S/C18H25N5O2/c1-14-7-8-16(25-14)13-22(2)18(24)11-19-15-5-4-10-23(12-15)17-6-3-9-20-21-17/h3,6-9,15,19H,4-5,10-13H2,1-2H3/t15-/m0/s1. The van der Waals surface area contributed by atoms with Crippen molar-refractivity contribution in [3.05, 3.63) is 42.0 Å². The van der Waals surface area contributed by atoms with Gasteiger partial charge in [0.15, 0.2) is 5.82 Å². The van der Waals surface area contributed by atoms with E-state index in [1.54, 1.807) is 18.1 Å². The molecule has 3 rings (SSSR count). The van der Waals surface area contributed by atoms with Crippen LogP contribution in [0.3, 0.4) is 0 Å². The van der Waals surface area contributed by atoms with E-state index in [9.17, 15) is 4.79 Å². The molecule has 1 aliphatic heterocycles. The fourth-order valence-electron chi connectivity index (χ4n) is 3.07. The molecule has 0 aliphatic carbocycles. The molecule has 0 aromatic carbocycles. The van der Waals surface area contributed by atoms with E-state index in [1.165, 1.54) is 0 Å². The van der Waals surface area contributed by atoms with Crippen LogP contribution in [0.1, 0.15) is 24.4 Å². The molecule has 0 unspecified atom stereocenters. The Balaban J connectivity index is 1.46. The van der Waals surface area contributed by atoms with Crippen LogP contribution in [-0.4, -0.2) is 53.7 Å². The predicted molar refractivity (Wildman–Crippen MR) is 95.2 cm³/mol. The van der Waals surface area contributed by atoms with E-state index in [1.807, 2.05) is 31.2 Å². The maximum Gasteiger partial charge on any atom is 0.236 e. The summed E-state index contributed by atoms with van der Waals surface area (Å²) in [6.45, 7) is 4.54. The molecule has 25 heavy (non-hydrogen) atoms. The Bertz CT molecular complexity index is 688. The van der Waals surface area contributed by atoms with E-state index in [-0.39, 0.29) is 11.9 Å². The Morgan fingerprint density at radius 2 is 2.32 bits per heavy atom. The molecule has 1 saturated heterocycles. The van der Waals surface area contributed by atoms with Crippen LogP contribution >= 0.6 is 0 Å². The van der Waals surface area contributed by atoms with Crippen molar-refractivity contribution in [3.8, 4) is 0 Å². The molecule has 0 bridgehead atoms. The number of amides is 1. The first-order chi connectivity index (χ1) is 12.1. The van der Waals surface area contributed by atoms with Gasteiger partial charge in [-0.1, -0.05) is 0 Å². The van der Waals surface area contributed by atoms with Gasteiger partial charge >= 0.3 is 0 Å². The average Bonchev–Trinajstić information content (AvgIpc) is 3.05. The van der Waals surface area contributed by atoms with Gasteiger partial charge in [0.25, 0.3) is 0 Å². The molecule has 0 saturated carbocycles. The zero-order valence-corrected chi connectivity index (χ0v) is 14.8. The highest BCUT2D eigenvalue weighted by Gasteiger charge is 2.22. The summed E-state index contributed by atoms with van der Waals surface area (Å²) in [4.78, 5) is 16.2. The highest BCUT2D eigenvalue weighted by atomic mass is 16.3. The van der Waals surface area contributed by atoms with Crippen LogP contribution in [0, 0.1) is 6.92 Å². The molecular formula is C18H25N5O2. The van der Waals surface area contributed by atoms with Crippen LogP contribution in [-0.2, 0) is 11.3 Å². The number of furan rings is 1. The normalized spacial score (nSPS) is 17.5. The first-order valence-corrected chi connectivity index (χ1v) is 8.67. The van der Waals surface area contributed by atoms with Gasteiger partial charge in [-0.3, -0.25) is 4.79 Å². The monoisotopic (exact) mass is 343 g/mol. The SMILES string of the molecule is Cc1ccc(CN(C)C(=O)CN[C@H]2CCCN(c3cccnn3)C2)o1. The van der Waals surface area contributed by atoms with E-state index < -0.39 is 0 Å². The van der Waals surface area contributed by atoms with Crippen LogP contribution in [0.5, 0.6) is 0 Å². The lowest BCUT2D eigenvalue weighted by Crippen LogP contribution is -2.48. The fourth-order valence-corrected chi connectivity index (χ4v) is 3.07. The van der Waals surface area contributed by atoms with Crippen LogP contribution in [0.2, 0.25) is 0 Å². The number of rotatable bonds is 6. The Kier molecular flexibility index (Phi) is 5.65. The van der Waals surface area contributed by atoms with Gasteiger partial charge in [0.05, 0.1) is 13.1 Å². The number of piperidine rings is 1. The number of carbonyl (C=O) groups excluding carboxylic acids is 1. The third-order valence-corrected chi connectivity index (χ3v) is 4.46. The van der Waals surface area contributed by atoms with Crippen molar-refractivity contribution in [1.29, 1.82) is 0 Å². The van der Waals surface area contributed by atoms with Crippen LogP contribution in [0.25, 0.3) is 0 Å². The van der Waals surface area contributed by atoms with Gasteiger partial charge in [-0.15, -0.1) is 5.10 Å². The summed E-state index contributed by atoms with van der Waals surface area (Å²) in [6, 6.07) is 7.97. The zero-order valence-electron chi connectivity index (χ0n) is 14.8. The Labute approximate surface area is 148 Å². The van der Waals surface area contributed by atoms with Crippen molar-refractivity contribution in [1.82, 2.24) is 20.4 Å². The quantitative estimate of drug-likeness (QED) is 0.859. The van der Waals surface area contributed by atoms with Crippen molar-refractivity contribution in [2.45, 2.75) is 32.4 Å². The number of hydrogen-bond donors (Lipinski definition) is 1. The molecule has 7 heteroatoms. The number of aromatic nitrogens is 2. The van der Waals surface area contributed by atoms with Crippen LogP contribution in [0.4, 0.5) is 5.82 Å². The molecule has 134 valence electrons. The number of nitrogens with zero attached hydrogens (tertiary/aromatic N) is 4. The second-order valence-electron chi connectivity index (χ2n) is 6.51. The van der Waals surface area contributed by atoms with Crippen molar-refractivity contribution in [2.24, 2.45) is 0 Å². The van der Waals surface area contributed by atoms with Crippen molar-refractivity contribution in [2.75, 3.05) is 31.6 Å². The van der Waals surface area contributed by atoms with Crippen LogP contribution in [0.15, 0.2) is 34.9 Å². The first kappa shape index (κ1) is 17.4. The van der Waals surface area contributed by atoms with E-state index in [2.05, 4.69) is 20.4 Å². The Hall–Kier alpha value is -2.41. The van der Waals surface area contributed by atoms with E-state index in [0.29, 0.717) is 13.1 Å². The summed E-state index contributed by atoms with van der Waals surface area (Å²) in [5, 5.41) is 11.5. The van der Waals surface area contributed by atoms with Gasteiger partial charge < -0.3 is 19.5 Å². The van der Waals surface area contributed by atoms with Gasteiger partial charge in [0.2, 0.25) is 5.91 Å². The summed E-state index contributed by atoms with van der Waals surface area (Å²) in [5.41, 5.74) is 0. The number of aryl methyl sites for hydroxylation is 1. The summed E-state index contributed by atoms with van der Waals surface area (Å²) < 4.78 is 5.53. The Morgan fingerprint density at radius 3 is 3.04 bits per heavy atom. The minimum Gasteiger partial charge on any atom is -0.464 e. The van der Waals surface area contributed by atoms with Gasteiger partial charge in [0.1, 0.15) is 11.5 Å². The molecule has 7 nitrogen and oxygen atoms in total. The lowest BCUT2D eigenvalue weighted by atomic mass is 10.1. The topological polar surface area (TPSA) is 74.5 Å². The van der Waals surface area contributed by atoms with Crippen molar-refractivity contribution >= 4 is 11.7 Å². The number of likely N-dealkylation sites (N-methyl/N-ethyl adjacent to an activating group) is 1. The summed E-state index contributed by atoms with van der Waals surface area (Å²) in [6.07, 6.45) is 3.81. The minimum absolute atomic E-state index is 0.0608. The van der Waals surface area contributed by atoms with Gasteiger partial charge in [0, 0.05) is 32.4 Å². The number of hydrogen-bond acceptors (Lipinski definition) is 6. The number of nitrogens with one attached hydrogen (secondary N) is 1. The number of carbonyl (C=O) groups is 1. The van der Waals surface area contributed by atoms with Crippen molar-refractivity contribution in [3.63, 3.8) is 0 Å². The summed E-state index contributed by atoms with van der Waals surface area (Å²) in [7, 11) is 1.80. The molecule has 2 aromatic heterocycles. The largest absolute Gasteiger partial charge is 0.464 e. The molecule has 1 aliphatic rings. The minimum atomic E-state index is 0.0608.